The van der Waals surface area contributed by atoms with Crippen molar-refractivity contribution in [3.05, 3.63) is 94.0 Å². The van der Waals surface area contributed by atoms with Crippen LogP contribution in [0.1, 0.15) is 24.0 Å². The van der Waals surface area contributed by atoms with Gasteiger partial charge in [-0.3, -0.25) is 9.59 Å². The molecule has 3 rings (SSSR count). The molecule has 7 nitrogen and oxygen atoms in total. The van der Waals surface area contributed by atoms with E-state index in [1.54, 1.807) is 30.3 Å². The quantitative estimate of drug-likeness (QED) is 0.135. The second kappa shape index (κ2) is 15.3. The second-order valence-electron chi connectivity index (χ2n) is 8.10. The fourth-order valence-corrected chi connectivity index (χ4v) is 3.88. The van der Waals surface area contributed by atoms with Crippen LogP contribution in [0, 0.1) is 12.3 Å². The number of nitrogens with one attached hydrogen (secondary N) is 2. The van der Waals surface area contributed by atoms with E-state index in [4.69, 9.17) is 39.1 Å². The van der Waals surface area contributed by atoms with E-state index in [0.717, 1.165) is 5.56 Å². The zero-order valence-electron chi connectivity index (χ0n) is 20.5. The molecule has 2 amide bonds. The predicted molar refractivity (Wildman–Crippen MR) is 150 cm³/mol. The summed E-state index contributed by atoms with van der Waals surface area (Å²) >= 11 is 12.0. The molecule has 0 aliphatic rings. The fraction of sp³-hybridized carbons (Fsp3) is 0.207. The summed E-state index contributed by atoms with van der Waals surface area (Å²) < 4.78 is 11.1. The zero-order valence-corrected chi connectivity index (χ0v) is 22.0. The van der Waals surface area contributed by atoms with Gasteiger partial charge in [0.1, 0.15) is 24.1 Å². The van der Waals surface area contributed by atoms with E-state index in [1.165, 1.54) is 6.21 Å². The molecule has 0 aromatic heterocycles. The third kappa shape index (κ3) is 9.47. The van der Waals surface area contributed by atoms with Crippen molar-refractivity contribution in [1.82, 2.24) is 10.7 Å². The molecule has 0 spiro atoms. The van der Waals surface area contributed by atoms with Crippen molar-refractivity contribution in [3.63, 3.8) is 0 Å². The van der Waals surface area contributed by atoms with Gasteiger partial charge in [0.15, 0.2) is 0 Å². The largest absolute Gasteiger partial charge is 0.492 e. The highest BCUT2D eigenvalue weighted by Gasteiger charge is 2.21. The Morgan fingerprint density at radius 1 is 1.00 bits per heavy atom. The van der Waals surface area contributed by atoms with Gasteiger partial charge in [0.25, 0.3) is 5.91 Å². The van der Waals surface area contributed by atoms with Gasteiger partial charge in [0, 0.05) is 23.4 Å². The van der Waals surface area contributed by atoms with Crippen LogP contribution in [0.25, 0.3) is 0 Å². The smallest absolute Gasteiger partial charge is 0.262 e. The number of carbonyl (C=O) groups is 2. The van der Waals surface area contributed by atoms with E-state index >= 15 is 0 Å². The topological polar surface area (TPSA) is 89.0 Å². The first-order valence-electron chi connectivity index (χ1n) is 11.9. The molecule has 3 aromatic rings. The molecule has 0 radical (unpaired) electrons. The standard InChI is InChI=1S/C29H27Cl2N3O4/c1-2-16-37-26-12-7-6-11-22(26)20-32-34-29(36)25(18-21-9-4-3-5-10-21)33-28(35)13-8-17-38-27-15-14-23(30)19-24(27)31/h1,3-7,9-12,14-15,19-20,25H,8,13,16-18H2,(H,33,35)(H,34,36)/b32-20-/t25-/m0/s1. The average molecular weight is 552 g/mol. The van der Waals surface area contributed by atoms with Crippen LogP contribution in [0.3, 0.4) is 0 Å². The number of benzene rings is 3. The molecule has 0 aliphatic carbocycles. The Hall–Kier alpha value is -3.99. The van der Waals surface area contributed by atoms with Gasteiger partial charge >= 0.3 is 0 Å². The summed E-state index contributed by atoms with van der Waals surface area (Å²) in [4.78, 5) is 25.6. The molecule has 3 aromatic carbocycles. The van der Waals surface area contributed by atoms with Crippen LogP contribution >= 0.6 is 23.2 Å². The first-order valence-corrected chi connectivity index (χ1v) is 12.6. The third-order valence-corrected chi connectivity index (χ3v) is 5.77. The van der Waals surface area contributed by atoms with E-state index in [2.05, 4.69) is 21.8 Å². The first kappa shape index (κ1) is 28.6. The van der Waals surface area contributed by atoms with Crippen molar-refractivity contribution in [2.75, 3.05) is 13.2 Å². The van der Waals surface area contributed by atoms with Crippen LogP contribution in [0.5, 0.6) is 11.5 Å². The fourth-order valence-electron chi connectivity index (χ4n) is 3.41. The Kier molecular flexibility index (Phi) is 11.5. The maximum atomic E-state index is 13.0. The highest BCUT2D eigenvalue weighted by Crippen LogP contribution is 2.27. The van der Waals surface area contributed by atoms with Gasteiger partial charge in [-0.15, -0.1) is 6.42 Å². The number of terminal acetylenes is 1. The lowest BCUT2D eigenvalue weighted by Crippen LogP contribution is -2.46. The lowest BCUT2D eigenvalue weighted by molar-refractivity contribution is -0.129. The van der Waals surface area contributed by atoms with Gasteiger partial charge in [-0.1, -0.05) is 71.6 Å². The Morgan fingerprint density at radius 2 is 1.76 bits per heavy atom. The highest BCUT2D eigenvalue weighted by molar-refractivity contribution is 6.35. The van der Waals surface area contributed by atoms with Gasteiger partial charge < -0.3 is 14.8 Å². The summed E-state index contributed by atoms with van der Waals surface area (Å²) in [7, 11) is 0. The van der Waals surface area contributed by atoms with Crippen molar-refractivity contribution in [2.24, 2.45) is 5.10 Å². The lowest BCUT2D eigenvalue weighted by atomic mass is 10.1. The molecular formula is C29H27Cl2N3O4. The number of hydrogen-bond acceptors (Lipinski definition) is 5. The molecule has 2 N–H and O–H groups in total. The normalized spacial score (nSPS) is 11.4. The average Bonchev–Trinajstić information content (AvgIpc) is 2.91. The van der Waals surface area contributed by atoms with Crippen LogP contribution in [0.4, 0.5) is 0 Å². The number of rotatable bonds is 13. The summed E-state index contributed by atoms with van der Waals surface area (Å²) in [5.74, 6) is 2.70. The number of amides is 2. The van der Waals surface area contributed by atoms with Crippen LogP contribution in [-0.4, -0.2) is 37.3 Å². The molecule has 1 atom stereocenters. The molecule has 0 saturated heterocycles. The maximum Gasteiger partial charge on any atom is 0.262 e. The van der Waals surface area contributed by atoms with Crippen molar-refractivity contribution in [1.29, 1.82) is 0 Å². The van der Waals surface area contributed by atoms with Gasteiger partial charge in [0.2, 0.25) is 5.91 Å². The van der Waals surface area contributed by atoms with Crippen LogP contribution in [0.15, 0.2) is 77.9 Å². The zero-order chi connectivity index (χ0) is 27.2. The minimum Gasteiger partial charge on any atom is -0.492 e. The van der Waals surface area contributed by atoms with Gasteiger partial charge in [0.05, 0.1) is 17.8 Å². The molecule has 0 saturated carbocycles. The summed E-state index contributed by atoms with van der Waals surface area (Å²) in [6.45, 7) is 0.385. The van der Waals surface area contributed by atoms with Gasteiger partial charge in [-0.2, -0.15) is 5.10 Å². The Labute approximate surface area is 232 Å². The highest BCUT2D eigenvalue weighted by atomic mass is 35.5. The number of para-hydroxylation sites is 1. The predicted octanol–water partition coefficient (Wildman–Crippen LogP) is 5.04. The Bertz CT molecular complexity index is 1290. The first-order chi connectivity index (χ1) is 18.5. The van der Waals surface area contributed by atoms with Crippen molar-refractivity contribution in [2.45, 2.75) is 25.3 Å². The van der Waals surface area contributed by atoms with Gasteiger partial charge in [-0.25, -0.2) is 5.43 Å². The molecule has 196 valence electrons. The summed E-state index contributed by atoms with van der Waals surface area (Å²) in [6.07, 6.45) is 7.61. The molecule has 9 heteroatoms. The number of hydrogen-bond donors (Lipinski definition) is 2. The maximum absolute atomic E-state index is 13.0. The summed E-state index contributed by atoms with van der Waals surface area (Å²) in [5.41, 5.74) is 4.05. The van der Waals surface area contributed by atoms with Crippen LogP contribution in [-0.2, 0) is 16.0 Å². The number of halogens is 2. The number of carbonyl (C=O) groups excluding carboxylic acids is 2. The van der Waals surface area contributed by atoms with E-state index < -0.39 is 11.9 Å². The Balaban J connectivity index is 1.57. The van der Waals surface area contributed by atoms with Crippen LogP contribution in [0.2, 0.25) is 10.0 Å². The molecule has 0 bridgehead atoms. The number of ether oxygens (including phenoxy) is 2. The number of nitrogens with zero attached hydrogens (tertiary/aromatic N) is 1. The molecule has 0 heterocycles. The minimum atomic E-state index is -0.832. The second-order valence-corrected chi connectivity index (χ2v) is 8.95. The molecule has 0 unspecified atom stereocenters. The summed E-state index contributed by atoms with van der Waals surface area (Å²) in [6, 6.07) is 20.7. The van der Waals surface area contributed by atoms with Gasteiger partial charge in [-0.05, 0) is 42.3 Å². The lowest BCUT2D eigenvalue weighted by Gasteiger charge is -2.17. The monoisotopic (exact) mass is 551 g/mol. The van der Waals surface area contributed by atoms with Crippen molar-refractivity contribution >= 4 is 41.2 Å². The minimum absolute atomic E-state index is 0.111. The van der Waals surface area contributed by atoms with E-state index in [1.807, 2.05) is 42.5 Å². The number of hydrazone groups is 1. The third-order valence-electron chi connectivity index (χ3n) is 5.24. The SMILES string of the molecule is C#CCOc1ccccc1/C=N\NC(=O)[C@H](Cc1ccccc1)NC(=O)CCCOc1ccc(Cl)cc1Cl. The molecule has 38 heavy (non-hydrogen) atoms. The Morgan fingerprint density at radius 3 is 2.53 bits per heavy atom. The van der Waals surface area contributed by atoms with E-state index in [-0.39, 0.29) is 25.5 Å². The van der Waals surface area contributed by atoms with Crippen LogP contribution < -0.4 is 20.2 Å². The summed E-state index contributed by atoms with van der Waals surface area (Å²) in [5, 5.41) is 7.76. The molecule has 0 fully saturated rings. The van der Waals surface area contributed by atoms with Crippen molar-refractivity contribution in [3.8, 4) is 23.8 Å². The van der Waals surface area contributed by atoms with Crippen molar-refractivity contribution < 1.29 is 19.1 Å². The van der Waals surface area contributed by atoms with E-state index in [0.29, 0.717) is 39.9 Å². The molecular weight excluding hydrogens is 525 g/mol. The molecule has 0 aliphatic heterocycles. The van der Waals surface area contributed by atoms with E-state index in [9.17, 15) is 9.59 Å².